The Hall–Kier alpha value is -2.14. The zero-order chi connectivity index (χ0) is 20.8. The van der Waals surface area contributed by atoms with E-state index in [4.69, 9.17) is 5.73 Å². The molecule has 0 unspecified atom stereocenters. The number of aldehydes is 1. The first-order chi connectivity index (χ1) is 12.8. The lowest BCUT2D eigenvalue weighted by atomic mass is 9.97. The molecule has 0 aliphatic carbocycles. The summed E-state index contributed by atoms with van der Waals surface area (Å²) in [5, 5.41) is 3.30. The number of nitrogens with one attached hydrogen (secondary N) is 1. The van der Waals surface area contributed by atoms with Gasteiger partial charge in [0.05, 0.1) is 0 Å². The molecule has 0 amide bonds. The number of nitrogens with zero attached hydrogens (tertiary/aromatic N) is 1. The second-order valence-corrected chi connectivity index (χ2v) is 6.85. The van der Waals surface area contributed by atoms with Crippen LogP contribution in [0.25, 0.3) is 5.57 Å². The molecule has 0 bridgehead atoms. The first-order valence-corrected chi connectivity index (χ1v) is 9.79. The van der Waals surface area contributed by atoms with E-state index in [1.807, 2.05) is 0 Å². The minimum absolute atomic E-state index is 0.0416. The number of Topliss-reactive ketones (excluding diaryl/α,β-unsaturated/α-hetero) is 1. The minimum Gasteiger partial charge on any atom is -0.398 e. The number of hydrogen-bond donors (Lipinski definition) is 2. The van der Waals surface area contributed by atoms with Gasteiger partial charge in [-0.15, -0.1) is 0 Å². The van der Waals surface area contributed by atoms with Gasteiger partial charge in [0.2, 0.25) is 0 Å². The van der Waals surface area contributed by atoms with Crippen LogP contribution in [-0.2, 0) is 4.79 Å². The predicted octanol–water partition coefficient (Wildman–Crippen LogP) is 4.14. The third kappa shape index (κ3) is 9.38. The Morgan fingerprint density at radius 1 is 1.15 bits per heavy atom. The van der Waals surface area contributed by atoms with E-state index >= 15 is 0 Å². The number of carbonyl (C=O) groups is 2. The van der Waals surface area contributed by atoms with Crippen molar-refractivity contribution < 1.29 is 9.59 Å². The summed E-state index contributed by atoms with van der Waals surface area (Å²) in [5.41, 5.74) is 9.13. The Bertz CT molecular complexity index is 622. The van der Waals surface area contributed by atoms with Gasteiger partial charge < -0.3 is 16.0 Å². The molecule has 0 saturated heterocycles. The number of nitrogen functional groups attached to an aromatic ring is 1. The van der Waals surface area contributed by atoms with E-state index in [2.05, 4.69) is 45.1 Å². The Balaban J connectivity index is 0.000000972. The van der Waals surface area contributed by atoms with Gasteiger partial charge >= 0.3 is 0 Å². The summed E-state index contributed by atoms with van der Waals surface area (Å²) in [6.45, 7) is 9.83. The van der Waals surface area contributed by atoms with Crippen LogP contribution in [0.4, 0.5) is 5.69 Å². The lowest BCUT2D eigenvalue weighted by Gasteiger charge is -2.15. The van der Waals surface area contributed by atoms with Gasteiger partial charge in [-0.1, -0.05) is 27.2 Å². The van der Waals surface area contributed by atoms with Gasteiger partial charge in [0, 0.05) is 34.6 Å². The highest BCUT2D eigenvalue weighted by molar-refractivity contribution is 6.11. The third-order valence-electron chi connectivity index (χ3n) is 3.95. The minimum atomic E-state index is -0.0416. The molecule has 3 N–H and O–H groups in total. The van der Waals surface area contributed by atoms with Crippen molar-refractivity contribution in [3.8, 4) is 0 Å². The van der Waals surface area contributed by atoms with E-state index in [0.717, 1.165) is 37.8 Å². The van der Waals surface area contributed by atoms with Gasteiger partial charge in [-0.05, 0) is 65.0 Å². The molecule has 1 rings (SSSR count). The monoisotopic (exact) mass is 375 g/mol. The molecule has 27 heavy (non-hydrogen) atoms. The second-order valence-electron chi connectivity index (χ2n) is 6.85. The topological polar surface area (TPSA) is 75.4 Å². The summed E-state index contributed by atoms with van der Waals surface area (Å²) in [6.07, 6.45) is 4.76. The summed E-state index contributed by atoms with van der Waals surface area (Å²) in [7, 11) is 4.17. The fourth-order valence-corrected chi connectivity index (χ4v) is 2.60. The van der Waals surface area contributed by atoms with Gasteiger partial charge in [-0.3, -0.25) is 9.59 Å². The quantitative estimate of drug-likeness (QED) is 0.278. The average Bonchev–Trinajstić information content (AvgIpc) is 2.61. The highest BCUT2D eigenvalue weighted by Gasteiger charge is 2.13. The predicted molar refractivity (Wildman–Crippen MR) is 116 cm³/mol. The lowest BCUT2D eigenvalue weighted by Crippen LogP contribution is -2.17. The molecule has 0 radical (unpaired) electrons. The van der Waals surface area contributed by atoms with Crippen molar-refractivity contribution in [3.05, 3.63) is 35.0 Å². The van der Waals surface area contributed by atoms with Gasteiger partial charge in [0.1, 0.15) is 0 Å². The molecule has 0 heterocycles. The SMILES string of the molecule is CCCN(C)C.CCCN/C(CCC)=C(\C=O)c1cc(C(C)=O)ccc1N. The van der Waals surface area contributed by atoms with E-state index in [1.165, 1.54) is 19.9 Å². The molecule has 5 nitrogen and oxygen atoms in total. The molecule has 5 heteroatoms. The van der Waals surface area contributed by atoms with Crippen LogP contribution in [0.1, 0.15) is 69.3 Å². The van der Waals surface area contributed by atoms with E-state index in [1.54, 1.807) is 18.2 Å². The summed E-state index contributed by atoms with van der Waals surface area (Å²) in [5.74, 6) is -0.0416. The highest BCUT2D eigenvalue weighted by atomic mass is 16.1. The van der Waals surface area contributed by atoms with Crippen molar-refractivity contribution in [2.75, 3.05) is 32.9 Å². The number of ketones is 1. The normalized spacial score (nSPS) is 11.4. The van der Waals surface area contributed by atoms with Gasteiger partial charge in [0.25, 0.3) is 0 Å². The zero-order valence-corrected chi connectivity index (χ0v) is 17.9. The fourth-order valence-electron chi connectivity index (χ4n) is 2.60. The number of carbonyl (C=O) groups excluding carboxylic acids is 2. The van der Waals surface area contributed by atoms with Crippen LogP contribution in [0, 0.1) is 0 Å². The van der Waals surface area contributed by atoms with Crippen LogP contribution in [0.15, 0.2) is 23.9 Å². The van der Waals surface area contributed by atoms with Crippen molar-refractivity contribution in [1.82, 2.24) is 10.2 Å². The van der Waals surface area contributed by atoms with Crippen LogP contribution in [0.3, 0.4) is 0 Å². The van der Waals surface area contributed by atoms with Gasteiger partial charge in [0.15, 0.2) is 12.1 Å². The standard InChI is InChI=1S/C17H24N2O2.C5H13N/c1-4-6-17(19-9-5-2)15(11-20)14-10-13(12(3)21)7-8-16(14)18;1-4-5-6(2)3/h7-8,10-11,19H,4-6,9,18H2,1-3H3;4-5H2,1-3H3/b17-15+;. The van der Waals surface area contributed by atoms with Crippen LogP contribution < -0.4 is 11.1 Å². The van der Waals surface area contributed by atoms with Crippen LogP contribution in [0.5, 0.6) is 0 Å². The maximum Gasteiger partial charge on any atom is 0.159 e. The number of allylic oxidation sites excluding steroid dienone is 2. The molecule has 0 aliphatic heterocycles. The molecule has 0 aromatic heterocycles. The van der Waals surface area contributed by atoms with Crippen molar-refractivity contribution in [2.24, 2.45) is 0 Å². The van der Waals surface area contributed by atoms with E-state index in [0.29, 0.717) is 22.4 Å². The highest BCUT2D eigenvalue weighted by Crippen LogP contribution is 2.25. The first kappa shape index (κ1) is 24.9. The van der Waals surface area contributed by atoms with E-state index < -0.39 is 0 Å². The molecule has 0 saturated carbocycles. The Morgan fingerprint density at radius 2 is 1.81 bits per heavy atom. The number of hydrogen-bond acceptors (Lipinski definition) is 5. The average molecular weight is 376 g/mol. The fraction of sp³-hybridized carbons (Fsp3) is 0.545. The molecule has 152 valence electrons. The maximum absolute atomic E-state index is 11.6. The van der Waals surface area contributed by atoms with Crippen LogP contribution >= 0.6 is 0 Å². The van der Waals surface area contributed by atoms with Gasteiger partial charge in [-0.25, -0.2) is 0 Å². The summed E-state index contributed by atoms with van der Waals surface area (Å²) in [4.78, 5) is 25.3. The molecule has 0 aliphatic rings. The molecule has 0 atom stereocenters. The number of nitrogens with two attached hydrogens (primary N) is 1. The molecule has 1 aromatic carbocycles. The second kappa shape index (κ2) is 14.0. The smallest absolute Gasteiger partial charge is 0.159 e. The van der Waals surface area contributed by atoms with Crippen molar-refractivity contribution in [3.63, 3.8) is 0 Å². The van der Waals surface area contributed by atoms with Crippen molar-refractivity contribution in [1.29, 1.82) is 0 Å². The largest absolute Gasteiger partial charge is 0.398 e. The lowest BCUT2D eigenvalue weighted by molar-refractivity contribution is -0.103. The van der Waals surface area contributed by atoms with Crippen molar-refractivity contribution >= 4 is 23.3 Å². The van der Waals surface area contributed by atoms with Gasteiger partial charge in [-0.2, -0.15) is 0 Å². The summed E-state index contributed by atoms with van der Waals surface area (Å²) >= 11 is 0. The Morgan fingerprint density at radius 3 is 2.22 bits per heavy atom. The number of rotatable bonds is 10. The molecule has 0 fully saturated rings. The third-order valence-corrected chi connectivity index (χ3v) is 3.95. The zero-order valence-electron chi connectivity index (χ0n) is 17.9. The number of anilines is 1. The van der Waals surface area contributed by atoms with Crippen molar-refractivity contribution in [2.45, 2.75) is 53.4 Å². The Kier molecular flexibility index (Phi) is 12.9. The summed E-state index contributed by atoms with van der Waals surface area (Å²) in [6, 6.07) is 5.06. The molecular formula is C22H37N3O2. The number of benzene rings is 1. The van der Waals surface area contributed by atoms with E-state index in [9.17, 15) is 9.59 Å². The Labute approximate surface area is 165 Å². The molecule has 1 aromatic rings. The van der Waals surface area contributed by atoms with E-state index in [-0.39, 0.29) is 5.78 Å². The van der Waals surface area contributed by atoms with Crippen LogP contribution in [-0.4, -0.2) is 44.2 Å². The first-order valence-electron chi connectivity index (χ1n) is 9.79. The molecule has 0 spiro atoms. The molecular weight excluding hydrogens is 338 g/mol. The summed E-state index contributed by atoms with van der Waals surface area (Å²) < 4.78 is 0. The maximum atomic E-state index is 11.6. The van der Waals surface area contributed by atoms with Crippen LogP contribution in [0.2, 0.25) is 0 Å².